The largest absolute Gasteiger partial charge is 0.396 e. The van der Waals surface area contributed by atoms with Gasteiger partial charge in [0, 0.05) is 32.0 Å². The number of anilines is 1. The van der Waals surface area contributed by atoms with Crippen LogP contribution in [-0.2, 0) is 11.3 Å². The molecular formula is C14H22Cl3N5O. The number of nitrogens with one attached hydrogen (secondary N) is 1. The van der Waals surface area contributed by atoms with Crippen LogP contribution >= 0.6 is 37.2 Å². The fraction of sp³-hybridized carbons (Fsp3) is 0.429. The molecule has 1 aliphatic rings. The number of nitrogens with two attached hydrogens (primary N) is 1. The van der Waals surface area contributed by atoms with Gasteiger partial charge in [-0.25, -0.2) is 0 Å². The summed E-state index contributed by atoms with van der Waals surface area (Å²) in [4.78, 5) is 4.28. The van der Waals surface area contributed by atoms with Crippen LogP contribution in [0.5, 0.6) is 0 Å². The molecule has 0 bridgehead atoms. The lowest BCUT2D eigenvalue weighted by molar-refractivity contribution is 0.0205. The summed E-state index contributed by atoms with van der Waals surface area (Å²) >= 11 is 0. The predicted octanol–water partition coefficient (Wildman–Crippen LogP) is 2.17. The van der Waals surface area contributed by atoms with Crippen molar-refractivity contribution in [3.05, 3.63) is 30.6 Å². The minimum atomic E-state index is 0. The molecule has 130 valence electrons. The van der Waals surface area contributed by atoms with Crippen LogP contribution in [0.2, 0.25) is 0 Å². The normalized spacial score (nSPS) is 16.6. The maximum Gasteiger partial charge on any atom is 0.134 e. The summed E-state index contributed by atoms with van der Waals surface area (Å²) in [6, 6.07) is 5.73. The lowest BCUT2D eigenvalue weighted by Gasteiger charge is -2.23. The Labute approximate surface area is 154 Å². The van der Waals surface area contributed by atoms with Crippen molar-refractivity contribution in [3.8, 4) is 11.4 Å². The molecule has 0 aromatic carbocycles. The summed E-state index contributed by atoms with van der Waals surface area (Å²) in [6.07, 6.45) is 4.79. The number of hydrogen-bond acceptors (Lipinski definition) is 5. The molecule has 1 fully saturated rings. The summed E-state index contributed by atoms with van der Waals surface area (Å²) in [5, 5.41) is 7.84. The van der Waals surface area contributed by atoms with E-state index in [1.165, 1.54) is 0 Å². The fourth-order valence-corrected chi connectivity index (χ4v) is 2.33. The molecule has 0 radical (unpaired) electrons. The number of halogens is 3. The molecule has 9 heteroatoms. The van der Waals surface area contributed by atoms with Gasteiger partial charge in [-0.05, 0) is 18.6 Å². The zero-order valence-electron chi connectivity index (χ0n) is 12.6. The Morgan fingerprint density at radius 2 is 2.13 bits per heavy atom. The molecule has 0 amide bonds. The minimum Gasteiger partial charge on any atom is -0.396 e. The van der Waals surface area contributed by atoms with Gasteiger partial charge < -0.3 is 15.8 Å². The Morgan fingerprint density at radius 1 is 1.30 bits per heavy atom. The molecule has 1 atom stereocenters. The second-order valence-electron chi connectivity index (χ2n) is 4.90. The highest BCUT2D eigenvalue weighted by molar-refractivity contribution is 5.86. The maximum atomic E-state index is 6.02. The molecule has 0 saturated carbocycles. The number of morpholine rings is 1. The summed E-state index contributed by atoms with van der Waals surface area (Å²) < 4.78 is 7.55. The topological polar surface area (TPSA) is 78.0 Å². The lowest BCUT2D eigenvalue weighted by atomic mass is 10.2. The van der Waals surface area contributed by atoms with Gasteiger partial charge in [0.15, 0.2) is 0 Å². The number of ether oxygens (including phenoxy) is 1. The fourth-order valence-electron chi connectivity index (χ4n) is 2.33. The van der Waals surface area contributed by atoms with Crippen LogP contribution in [0.3, 0.4) is 0 Å². The molecule has 6 nitrogen and oxygen atoms in total. The number of nitrogens with zero attached hydrogens (tertiary/aromatic N) is 3. The Kier molecular flexibility index (Phi) is 10.2. The third-order valence-corrected chi connectivity index (χ3v) is 3.38. The summed E-state index contributed by atoms with van der Waals surface area (Å²) in [6.45, 7) is 3.42. The van der Waals surface area contributed by atoms with E-state index in [2.05, 4.69) is 15.4 Å². The van der Waals surface area contributed by atoms with Gasteiger partial charge in [-0.1, -0.05) is 6.07 Å². The number of aryl methyl sites for hydroxylation is 1. The predicted molar refractivity (Wildman–Crippen MR) is 98.8 cm³/mol. The van der Waals surface area contributed by atoms with Crippen molar-refractivity contribution < 1.29 is 4.74 Å². The number of hydrogen-bond donors (Lipinski definition) is 2. The Balaban J connectivity index is 0.00000161. The van der Waals surface area contributed by atoms with Gasteiger partial charge in [0.05, 0.1) is 24.1 Å². The van der Waals surface area contributed by atoms with Crippen LogP contribution < -0.4 is 11.1 Å². The van der Waals surface area contributed by atoms with Crippen LogP contribution in [-0.4, -0.2) is 40.6 Å². The first kappa shape index (κ1) is 21.9. The van der Waals surface area contributed by atoms with Crippen LogP contribution in [0.15, 0.2) is 30.6 Å². The first-order chi connectivity index (χ1) is 9.83. The SMILES string of the molecule is Cl.Cl.Cl.Nc1cn(CCC2CNCCO2)nc1-c1ccccn1. The minimum absolute atomic E-state index is 0. The average Bonchev–Trinajstić information content (AvgIpc) is 2.88. The van der Waals surface area contributed by atoms with E-state index in [0.717, 1.165) is 44.0 Å². The van der Waals surface area contributed by atoms with Crippen molar-refractivity contribution in [2.75, 3.05) is 25.4 Å². The van der Waals surface area contributed by atoms with E-state index in [1.807, 2.05) is 29.1 Å². The van der Waals surface area contributed by atoms with E-state index in [1.54, 1.807) is 6.20 Å². The molecule has 2 aromatic heterocycles. The van der Waals surface area contributed by atoms with E-state index in [-0.39, 0.29) is 43.3 Å². The number of nitrogen functional groups attached to an aromatic ring is 1. The second-order valence-corrected chi connectivity index (χ2v) is 4.90. The first-order valence-electron chi connectivity index (χ1n) is 6.89. The standard InChI is InChI=1S/C14H19N5O.3ClH/c15-12-10-19(7-4-11-9-16-6-8-20-11)18-14(12)13-3-1-2-5-17-13;;;/h1-3,5,10-11,16H,4,6-9,15H2;3*1H. The zero-order valence-corrected chi connectivity index (χ0v) is 15.0. The van der Waals surface area contributed by atoms with Gasteiger partial charge in [0.1, 0.15) is 5.69 Å². The molecule has 1 saturated heterocycles. The molecule has 0 spiro atoms. The molecular weight excluding hydrogens is 361 g/mol. The Morgan fingerprint density at radius 3 is 2.78 bits per heavy atom. The zero-order chi connectivity index (χ0) is 13.8. The van der Waals surface area contributed by atoms with Gasteiger partial charge in [-0.15, -0.1) is 37.2 Å². The maximum absolute atomic E-state index is 6.02. The van der Waals surface area contributed by atoms with Crippen molar-refractivity contribution in [3.63, 3.8) is 0 Å². The first-order valence-corrected chi connectivity index (χ1v) is 6.89. The highest BCUT2D eigenvalue weighted by Gasteiger charge is 2.14. The van der Waals surface area contributed by atoms with Crippen LogP contribution in [0.4, 0.5) is 5.69 Å². The van der Waals surface area contributed by atoms with Gasteiger partial charge in [0.25, 0.3) is 0 Å². The molecule has 1 unspecified atom stereocenters. The molecule has 3 rings (SSSR count). The van der Waals surface area contributed by atoms with Crippen LogP contribution in [0, 0.1) is 0 Å². The molecule has 0 aliphatic carbocycles. The quantitative estimate of drug-likeness (QED) is 0.847. The van der Waals surface area contributed by atoms with E-state index in [4.69, 9.17) is 10.5 Å². The Bertz CT molecular complexity index is 561. The molecule has 23 heavy (non-hydrogen) atoms. The van der Waals surface area contributed by atoms with Gasteiger partial charge >= 0.3 is 0 Å². The van der Waals surface area contributed by atoms with Gasteiger partial charge in [-0.3, -0.25) is 9.67 Å². The highest BCUT2D eigenvalue weighted by Crippen LogP contribution is 2.21. The van der Waals surface area contributed by atoms with Gasteiger partial charge in [-0.2, -0.15) is 5.10 Å². The second kappa shape index (κ2) is 10.7. The highest BCUT2D eigenvalue weighted by atomic mass is 35.5. The van der Waals surface area contributed by atoms with E-state index >= 15 is 0 Å². The smallest absolute Gasteiger partial charge is 0.134 e. The van der Waals surface area contributed by atoms with E-state index in [0.29, 0.717) is 5.69 Å². The van der Waals surface area contributed by atoms with E-state index < -0.39 is 0 Å². The van der Waals surface area contributed by atoms with Crippen molar-refractivity contribution in [2.45, 2.75) is 19.1 Å². The van der Waals surface area contributed by atoms with Gasteiger partial charge in [0.2, 0.25) is 0 Å². The molecule has 1 aliphatic heterocycles. The summed E-state index contributed by atoms with van der Waals surface area (Å²) in [5.74, 6) is 0. The average molecular weight is 383 g/mol. The molecule has 3 heterocycles. The van der Waals surface area contributed by atoms with Crippen LogP contribution in [0.1, 0.15) is 6.42 Å². The number of pyridine rings is 1. The lowest BCUT2D eigenvalue weighted by Crippen LogP contribution is -2.38. The monoisotopic (exact) mass is 381 g/mol. The van der Waals surface area contributed by atoms with Crippen LogP contribution in [0.25, 0.3) is 11.4 Å². The Hall–Kier alpha value is -1.05. The van der Waals surface area contributed by atoms with Crippen molar-refractivity contribution >= 4 is 42.9 Å². The third kappa shape index (κ3) is 5.82. The molecule has 3 N–H and O–H groups in total. The molecule has 2 aromatic rings. The number of rotatable bonds is 4. The third-order valence-electron chi connectivity index (χ3n) is 3.38. The summed E-state index contributed by atoms with van der Waals surface area (Å²) in [7, 11) is 0. The summed E-state index contributed by atoms with van der Waals surface area (Å²) in [5.41, 5.74) is 8.22. The van der Waals surface area contributed by atoms with E-state index in [9.17, 15) is 0 Å². The van der Waals surface area contributed by atoms with Crippen molar-refractivity contribution in [1.82, 2.24) is 20.1 Å². The van der Waals surface area contributed by atoms with Crippen molar-refractivity contribution in [2.24, 2.45) is 0 Å². The van der Waals surface area contributed by atoms with Crippen molar-refractivity contribution in [1.29, 1.82) is 0 Å². The number of aromatic nitrogens is 3.